The average molecular weight is 441 g/mol. The minimum absolute atomic E-state index is 0.0835. The number of carbonyl (C=O) groups is 1. The Morgan fingerprint density at radius 3 is 2.69 bits per heavy atom. The Bertz CT molecular complexity index is 932. The lowest BCUT2D eigenvalue weighted by atomic mass is 9.96. The highest BCUT2D eigenvalue weighted by molar-refractivity contribution is 5.94. The van der Waals surface area contributed by atoms with E-state index >= 15 is 0 Å². The van der Waals surface area contributed by atoms with Gasteiger partial charge in [-0.1, -0.05) is 33.3 Å². The molecule has 1 aromatic heterocycles. The minimum Gasteiger partial charge on any atom is -0.366 e. The molecule has 174 valence electrons. The fourth-order valence-electron chi connectivity index (χ4n) is 3.79. The van der Waals surface area contributed by atoms with E-state index in [9.17, 15) is 4.79 Å². The van der Waals surface area contributed by atoms with Gasteiger partial charge in [0.15, 0.2) is 0 Å². The molecule has 1 unspecified atom stereocenters. The second-order valence-electron chi connectivity index (χ2n) is 9.76. The van der Waals surface area contributed by atoms with Crippen molar-refractivity contribution in [3.05, 3.63) is 29.3 Å². The van der Waals surface area contributed by atoms with Gasteiger partial charge in [-0.25, -0.2) is 0 Å². The van der Waals surface area contributed by atoms with Crippen molar-refractivity contribution in [2.24, 2.45) is 11.1 Å². The molecule has 1 aliphatic heterocycles. The zero-order chi connectivity index (χ0) is 23.3. The van der Waals surface area contributed by atoms with Crippen LogP contribution in [0.5, 0.6) is 0 Å². The summed E-state index contributed by atoms with van der Waals surface area (Å²) in [5, 5.41) is 10.2. The first kappa shape index (κ1) is 23.7. The standard InChI is InChI=1S/C23H36N8O/c1-15-9-10-16(19(24)32)12-18(15)27-21-28-20(26-17-8-6-7-11-25-13-17)29-22(30-21)31(5)14-23(2,3)4/h9-10,12,17,25H,6-8,11,13-14H2,1-5H3,(H2,24,32)(H2,26,27,28,29,30). The highest BCUT2D eigenvalue weighted by Gasteiger charge is 2.19. The van der Waals surface area contributed by atoms with Gasteiger partial charge in [0.25, 0.3) is 0 Å². The van der Waals surface area contributed by atoms with Crippen molar-refractivity contribution in [2.45, 2.75) is 53.0 Å². The summed E-state index contributed by atoms with van der Waals surface area (Å²) < 4.78 is 0. The van der Waals surface area contributed by atoms with Crippen LogP contribution in [0.2, 0.25) is 0 Å². The Balaban J connectivity index is 1.92. The number of benzene rings is 1. The molecule has 0 spiro atoms. The van der Waals surface area contributed by atoms with Crippen molar-refractivity contribution in [3.63, 3.8) is 0 Å². The largest absolute Gasteiger partial charge is 0.366 e. The molecule has 5 N–H and O–H groups in total. The molecule has 1 amide bonds. The number of carbonyl (C=O) groups excluding carboxylic acids is 1. The van der Waals surface area contributed by atoms with Crippen LogP contribution in [0.4, 0.5) is 23.5 Å². The van der Waals surface area contributed by atoms with Crippen molar-refractivity contribution >= 4 is 29.4 Å². The number of hydrogen-bond acceptors (Lipinski definition) is 8. The van der Waals surface area contributed by atoms with E-state index in [1.54, 1.807) is 12.1 Å². The van der Waals surface area contributed by atoms with E-state index in [1.807, 2.05) is 24.9 Å². The van der Waals surface area contributed by atoms with Crippen LogP contribution in [0.3, 0.4) is 0 Å². The number of anilines is 4. The first-order valence-electron chi connectivity index (χ1n) is 11.2. The third kappa shape index (κ3) is 6.78. The Morgan fingerprint density at radius 1 is 1.22 bits per heavy atom. The molecule has 2 aromatic rings. The quantitative estimate of drug-likeness (QED) is 0.518. The molecule has 3 rings (SSSR count). The van der Waals surface area contributed by atoms with E-state index in [0.29, 0.717) is 23.4 Å². The monoisotopic (exact) mass is 440 g/mol. The van der Waals surface area contributed by atoms with Gasteiger partial charge in [0, 0.05) is 37.4 Å². The van der Waals surface area contributed by atoms with Crippen LogP contribution in [-0.4, -0.2) is 53.6 Å². The molecule has 32 heavy (non-hydrogen) atoms. The van der Waals surface area contributed by atoms with E-state index < -0.39 is 5.91 Å². The molecule has 0 saturated carbocycles. The summed E-state index contributed by atoms with van der Waals surface area (Å²) in [5.41, 5.74) is 7.67. The summed E-state index contributed by atoms with van der Waals surface area (Å²) in [4.78, 5) is 27.7. The number of aromatic nitrogens is 3. The highest BCUT2D eigenvalue weighted by atomic mass is 16.1. The number of aryl methyl sites for hydroxylation is 1. The van der Waals surface area contributed by atoms with Crippen LogP contribution in [0.15, 0.2) is 18.2 Å². The van der Waals surface area contributed by atoms with Gasteiger partial charge in [0.1, 0.15) is 0 Å². The summed E-state index contributed by atoms with van der Waals surface area (Å²) in [6, 6.07) is 5.55. The normalized spacial score (nSPS) is 16.8. The van der Waals surface area contributed by atoms with E-state index in [-0.39, 0.29) is 11.5 Å². The maximum absolute atomic E-state index is 11.6. The molecule has 9 nitrogen and oxygen atoms in total. The fourth-order valence-corrected chi connectivity index (χ4v) is 3.79. The lowest BCUT2D eigenvalue weighted by Gasteiger charge is -2.27. The van der Waals surface area contributed by atoms with Crippen LogP contribution < -0.4 is 26.6 Å². The number of primary amides is 1. The molecule has 1 fully saturated rings. The number of rotatable bonds is 7. The van der Waals surface area contributed by atoms with Gasteiger partial charge in [-0.2, -0.15) is 15.0 Å². The Kier molecular flexibility index (Phi) is 7.50. The first-order valence-corrected chi connectivity index (χ1v) is 11.2. The molecule has 0 aliphatic carbocycles. The van der Waals surface area contributed by atoms with Gasteiger partial charge < -0.3 is 26.6 Å². The van der Waals surface area contributed by atoms with Gasteiger partial charge in [-0.05, 0) is 49.4 Å². The fraction of sp³-hybridized carbons (Fsp3) is 0.565. The summed E-state index contributed by atoms with van der Waals surface area (Å²) >= 11 is 0. The van der Waals surface area contributed by atoms with Gasteiger partial charge >= 0.3 is 0 Å². The number of nitrogens with two attached hydrogens (primary N) is 1. The zero-order valence-electron chi connectivity index (χ0n) is 19.8. The minimum atomic E-state index is -0.475. The Morgan fingerprint density at radius 2 is 1.97 bits per heavy atom. The second kappa shape index (κ2) is 10.1. The first-order chi connectivity index (χ1) is 15.1. The van der Waals surface area contributed by atoms with Gasteiger partial charge in [-0.3, -0.25) is 4.79 Å². The maximum Gasteiger partial charge on any atom is 0.248 e. The number of nitrogens with zero attached hydrogens (tertiary/aromatic N) is 4. The van der Waals surface area contributed by atoms with Crippen molar-refractivity contribution in [1.82, 2.24) is 20.3 Å². The molecular weight excluding hydrogens is 404 g/mol. The van der Waals surface area contributed by atoms with E-state index in [2.05, 4.69) is 46.7 Å². The van der Waals surface area contributed by atoms with Crippen LogP contribution >= 0.6 is 0 Å². The Hall–Kier alpha value is -2.94. The van der Waals surface area contributed by atoms with Crippen LogP contribution in [-0.2, 0) is 0 Å². The molecular formula is C23H36N8O. The predicted molar refractivity (Wildman–Crippen MR) is 130 cm³/mol. The zero-order valence-corrected chi connectivity index (χ0v) is 19.8. The van der Waals surface area contributed by atoms with Crippen molar-refractivity contribution in [1.29, 1.82) is 0 Å². The highest BCUT2D eigenvalue weighted by Crippen LogP contribution is 2.24. The number of hydrogen-bond donors (Lipinski definition) is 4. The third-order valence-electron chi connectivity index (χ3n) is 5.33. The lowest BCUT2D eigenvalue weighted by Crippen LogP contribution is -2.33. The molecule has 2 heterocycles. The predicted octanol–water partition coefficient (Wildman–Crippen LogP) is 3.06. The van der Waals surface area contributed by atoms with Crippen molar-refractivity contribution < 1.29 is 4.79 Å². The number of nitrogens with one attached hydrogen (secondary N) is 3. The summed E-state index contributed by atoms with van der Waals surface area (Å²) in [6.45, 7) is 11.2. The number of amides is 1. The van der Waals surface area contributed by atoms with E-state index in [0.717, 1.165) is 43.7 Å². The summed E-state index contributed by atoms with van der Waals surface area (Å²) in [7, 11) is 1.99. The van der Waals surface area contributed by atoms with Gasteiger partial charge in [0.2, 0.25) is 23.8 Å². The SMILES string of the molecule is Cc1ccc(C(N)=O)cc1Nc1nc(NC2CCCCNC2)nc(N(C)CC(C)(C)C)n1. The summed E-state index contributed by atoms with van der Waals surface area (Å²) in [6.07, 6.45) is 3.41. The van der Waals surface area contributed by atoms with E-state index in [4.69, 9.17) is 10.7 Å². The molecule has 1 saturated heterocycles. The van der Waals surface area contributed by atoms with Crippen molar-refractivity contribution in [2.75, 3.05) is 42.2 Å². The van der Waals surface area contributed by atoms with Crippen molar-refractivity contribution in [3.8, 4) is 0 Å². The van der Waals surface area contributed by atoms with Crippen LogP contribution in [0.1, 0.15) is 56.0 Å². The molecule has 9 heteroatoms. The molecule has 0 radical (unpaired) electrons. The van der Waals surface area contributed by atoms with Crippen LogP contribution in [0, 0.1) is 12.3 Å². The molecule has 1 atom stereocenters. The lowest BCUT2D eigenvalue weighted by molar-refractivity contribution is 0.100. The summed E-state index contributed by atoms with van der Waals surface area (Å²) in [5.74, 6) is 1.07. The maximum atomic E-state index is 11.6. The van der Waals surface area contributed by atoms with E-state index in [1.165, 1.54) is 6.42 Å². The smallest absolute Gasteiger partial charge is 0.248 e. The molecule has 1 aliphatic rings. The third-order valence-corrected chi connectivity index (χ3v) is 5.33. The topological polar surface area (TPSA) is 121 Å². The second-order valence-corrected chi connectivity index (χ2v) is 9.76. The average Bonchev–Trinajstić information content (AvgIpc) is 2.96. The molecule has 0 bridgehead atoms. The van der Waals surface area contributed by atoms with Crippen LogP contribution in [0.25, 0.3) is 0 Å². The van der Waals surface area contributed by atoms with Gasteiger partial charge in [-0.15, -0.1) is 0 Å². The molecule has 1 aromatic carbocycles. The van der Waals surface area contributed by atoms with Gasteiger partial charge in [0.05, 0.1) is 0 Å². The Labute approximate surface area is 190 Å².